The number of carbonyl (C=O) groups is 1. The first-order valence-corrected chi connectivity index (χ1v) is 8.26. The molecule has 2 aliphatic rings. The van der Waals surface area contributed by atoms with Gasteiger partial charge in [-0.25, -0.2) is 4.98 Å². The standard InChI is InChI=1S/C18H16F3N3O2/c19-18(20,21)11-5-6-13-14(9-11)24(12-3-1-4-12)16(22-13)23-15(25)10-17(26)7-2-8-17/h1,3-6,9,26H,2,7-8,10H2,(H,22,23,25). The number of aromatic nitrogens is 2. The lowest BCUT2D eigenvalue weighted by atomic mass is 9.78. The van der Waals surface area contributed by atoms with E-state index < -0.39 is 23.2 Å². The maximum Gasteiger partial charge on any atom is 0.416 e. The fourth-order valence-electron chi connectivity index (χ4n) is 3.16. The number of benzene rings is 1. The summed E-state index contributed by atoms with van der Waals surface area (Å²) in [6.45, 7) is 0. The summed E-state index contributed by atoms with van der Waals surface area (Å²) in [4.78, 5) is 16.5. The summed E-state index contributed by atoms with van der Waals surface area (Å²) in [5, 5.41) is 12.8. The molecule has 0 atom stereocenters. The van der Waals surface area contributed by atoms with Crippen LogP contribution in [0.2, 0.25) is 0 Å². The van der Waals surface area contributed by atoms with Gasteiger partial charge in [-0.05, 0) is 49.6 Å². The number of nitrogens with zero attached hydrogens (tertiary/aromatic N) is 2. The van der Waals surface area contributed by atoms with Crippen molar-refractivity contribution in [3.8, 4) is 0 Å². The van der Waals surface area contributed by atoms with Crippen LogP contribution in [0.5, 0.6) is 0 Å². The smallest absolute Gasteiger partial charge is 0.389 e. The molecule has 2 aliphatic carbocycles. The number of imidazole rings is 1. The molecule has 136 valence electrons. The number of hydrogen-bond donors (Lipinski definition) is 2. The first kappa shape index (κ1) is 16.8. The van der Waals surface area contributed by atoms with Crippen molar-refractivity contribution < 1.29 is 23.1 Å². The predicted molar refractivity (Wildman–Crippen MR) is 90.2 cm³/mol. The minimum atomic E-state index is -4.47. The lowest BCUT2D eigenvalue weighted by Crippen LogP contribution is -2.40. The number of halogens is 3. The molecule has 0 bridgehead atoms. The van der Waals surface area contributed by atoms with E-state index >= 15 is 0 Å². The molecule has 0 radical (unpaired) electrons. The Morgan fingerprint density at radius 2 is 2.08 bits per heavy atom. The van der Waals surface area contributed by atoms with Gasteiger partial charge in [0.05, 0.1) is 28.6 Å². The summed E-state index contributed by atoms with van der Waals surface area (Å²) in [5.41, 5.74) is -0.536. The van der Waals surface area contributed by atoms with E-state index in [1.54, 1.807) is 18.2 Å². The van der Waals surface area contributed by atoms with Crippen LogP contribution in [0.25, 0.3) is 16.7 Å². The van der Waals surface area contributed by atoms with Crippen molar-refractivity contribution in [3.05, 3.63) is 42.0 Å². The van der Waals surface area contributed by atoms with Crippen molar-refractivity contribution >= 4 is 28.6 Å². The average molecular weight is 363 g/mol. The lowest BCUT2D eigenvalue weighted by Gasteiger charge is -2.35. The van der Waals surface area contributed by atoms with Gasteiger partial charge in [-0.15, -0.1) is 0 Å². The number of alkyl halides is 3. The molecule has 1 saturated carbocycles. The predicted octanol–water partition coefficient (Wildman–Crippen LogP) is 3.71. The molecule has 0 aliphatic heterocycles. The minimum absolute atomic E-state index is 0.0567. The van der Waals surface area contributed by atoms with Crippen LogP contribution in [-0.4, -0.2) is 26.2 Å². The summed E-state index contributed by atoms with van der Waals surface area (Å²) in [7, 11) is 0. The van der Waals surface area contributed by atoms with Gasteiger partial charge in [0.1, 0.15) is 0 Å². The van der Waals surface area contributed by atoms with Gasteiger partial charge >= 0.3 is 6.18 Å². The second-order valence-electron chi connectivity index (χ2n) is 6.73. The highest BCUT2D eigenvalue weighted by atomic mass is 19.4. The van der Waals surface area contributed by atoms with Gasteiger partial charge < -0.3 is 5.11 Å². The number of rotatable bonds is 4. The number of anilines is 1. The molecule has 0 unspecified atom stereocenters. The minimum Gasteiger partial charge on any atom is -0.389 e. The molecule has 1 heterocycles. The van der Waals surface area contributed by atoms with Crippen LogP contribution in [0.15, 0.2) is 36.4 Å². The third-order valence-corrected chi connectivity index (χ3v) is 4.80. The maximum absolute atomic E-state index is 13.0. The normalized spacial score (nSPS) is 18.2. The van der Waals surface area contributed by atoms with Gasteiger partial charge in [0.2, 0.25) is 11.9 Å². The molecular formula is C18H16F3N3O2. The molecule has 1 aromatic heterocycles. The first-order valence-electron chi connectivity index (χ1n) is 8.26. The van der Waals surface area contributed by atoms with Crippen LogP contribution in [-0.2, 0) is 11.0 Å². The highest BCUT2D eigenvalue weighted by Gasteiger charge is 2.37. The number of hydrogen-bond acceptors (Lipinski definition) is 3. The largest absolute Gasteiger partial charge is 0.416 e. The SMILES string of the molecule is O=C(CC1(O)CCC1)Nc1nc2ccc(C(F)(F)F)cc2n1C1=CC=C1. The van der Waals surface area contributed by atoms with Crippen LogP contribution < -0.4 is 5.32 Å². The van der Waals surface area contributed by atoms with Crippen molar-refractivity contribution in [2.45, 2.75) is 37.5 Å². The Hall–Kier alpha value is -2.61. The van der Waals surface area contributed by atoms with Crippen LogP contribution in [0, 0.1) is 0 Å². The van der Waals surface area contributed by atoms with Gasteiger partial charge in [-0.1, -0.05) is 6.08 Å². The molecule has 2 N–H and O–H groups in total. The van der Waals surface area contributed by atoms with Gasteiger partial charge in [0, 0.05) is 5.70 Å². The summed E-state index contributed by atoms with van der Waals surface area (Å²) >= 11 is 0. The molecule has 5 nitrogen and oxygen atoms in total. The molecule has 1 aromatic carbocycles. The van der Waals surface area contributed by atoms with Gasteiger partial charge in [-0.3, -0.25) is 14.7 Å². The van der Waals surface area contributed by atoms with E-state index in [1.807, 2.05) is 0 Å². The Bertz CT molecular complexity index is 952. The number of allylic oxidation sites excluding steroid dienone is 4. The summed E-state index contributed by atoms with van der Waals surface area (Å²) in [6, 6.07) is 3.27. The molecule has 1 fully saturated rings. The number of carbonyl (C=O) groups excluding carboxylic acids is 1. The fourth-order valence-corrected chi connectivity index (χ4v) is 3.16. The highest BCUT2D eigenvalue weighted by molar-refractivity contribution is 5.95. The number of amides is 1. The number of aliphatic hydroxyl groups is 1. The summed E-state index contributed by atoms with van der Waals surface area (Å²) in [5.74, 6) is -0.272. The zero-order valence-electron chi connectivity index (χ0n) is 13.7. The van der Waals surface area contributed by atoms with Crippen LogP contribution in [0.4, 0.5) is 19.1 Å². The van der Waals surface area contributed by atoms with Crippen molar-refractivity contribution in [1.82, 2.24) is 9.55 Å². The van der Waals surface area contributed by atoms with Gasteiger partial charge in [0.25, 0.3) is 0 Å². The van der Waals surface area contributed by atoms with Crippen molar-refractivity contribution in [2.24, 2.45) is 0 Å². The number of fused-ring (bicyclic) bond motifs is 1. The topological polar surface area (TPSA) is 67.2 Å². The Labute approximate surface area is 146 Å². The van der Waals surface area contributed by atoms with E-state index in [1.165, 1.54) is 10.6 Å². The second-order valence-corrected chi connectivity index (χ2v) is 6.73. The Kier molecular flexibility index (Phi) is 3.69. The summed E-state index contributed by atoms with van der Waals surface area (Å²) in [6.07, 6.45) is 2.67. The van der Waals surface area contributed by atoms with E-state index in [-0.39, 0.29) is 17.9 Å². The first-order chi connectivity index (χ1) is 12.3. The quantitative estimate of drug-likeness (QED) is 0.870. The van der Waals surface area contributed by atoms with Crippen LogP contribution in [0.1, 0.15) is 31.2 Å². The Morgan fingerprint density at radius 1 is 1.35 bits per heavy atom. The van der Waals surface area contributed by atoms with Crippen molar-refractivity contribution in [2.75, 3.05) is 5.32 Å². The third-order valence-electron chi connectivity index (χ3n) is 4.80. The third kappa shape index (κ3) is 2.90. The van der Waals surface area contributed by atoms with E-state index in [9.17, 15) is 23.1 Å². The molecule has 8 heteroatoms. The fraction of sp³-hybridized carbons (Fsp3) is 0.333. The average Bonchev–Trinajstić information content (AvgIpc) is 2.80. The van der Waals surface area contributed by atoms with Crippen molar-refractivity contribution in [3.63, 3.8) is 0 Å². The molecule has 2 aromatic rings. The molecule has 0 saturated heterocycles. The molecular weight excluding hydrogens is 347 g/mol. The van der Waals surface area contributed by atoms with Gasteiger partial charge in [0.15, 0.2) is 0 Å². The van der Waals surface area contributed by atoms with E-state index in [2.05, 4.69) is 10.3 Å². The monoisotopic (exact) mass is 363 g/mol. The van der Waals surface area contributed by atoms with Crippen LogP contribution in [0.3, 0.4) is 0 Å². The van der Waals surface area contributed by atoms with E-state index in [4.69, 9.17) is 0 Å². The van der Waals surface area contributed by atoms with E-state index in [0.717, 1.165) is 18.6 Å². The molecule has 0 spiro atoms. The zero-order valence-corrected chi connectivity index (χ0v) is 13.7. The zero-order chi connectivity index (χ0) is 18.5. The molecule has 1 amide bonds. The molecule has 4 rings (SSSR count). The van der Waals surface area contributed by atoms with Crippen molar-refractivity contribution in [1.29, 1.82) is 0 Å². The lowest BCUT2D eigenvalue weighted by molar-refractivity contribution is -0.137. The summed E-state index contributed by atoms with van der Waals surface area (Å²) < 4.78 is 40.6. The second kappa shape index (κ2) is 5.70. The Morgan fingerprint density at radius 3 is 2.62 bits per heavy atom. The highest BCUT2D eigenvalue weighted by Crippen LogP contribution is 2.36. The van der Waals surface area contributed by atoms with Gasteiger partial charge in [-0.2, -0.15) is 13.2 Å². The van der Waals surface area contributed by atoms with E-state index in [0.29, 0.717) is 24.1 Å². The molecule has 26 heavy (non-hydrogen) atoms. The Balaban J connectivity index is 1.70. The maximum atomic E-state index is 13.0. The number of nitrogens with one attached hydrogen (secondary N) is 1. The van der Waals surface area contributed by atoms with Crippen LogP contribution >= 0.6 is 0 Å².